The Bertz CT molecular complexity index is 1010. The summed E-state index contributed by atoms with van der Waals surface area (Å²) in [6, 6.07) is 3.22. The second kappa shape index (κ2) is 13.0. The number of nitrogens with two attached hydrogens (primary N) is 1. The number of carbonyl (C=O) groups excluding carboxylic acids is 3. The Morgan fingerprint density at radius 3 is 2.38 bits per heavy atom. The number of aliphatic carboxylic acids is 1. The van der Waals surface area contributed by atoms with Crippen molar-refractivity contribution < 1.29 is 29.4 Å². The number of rotatable bonds is 13. The lowest BCUT2D eigenvalue weighted by Crippen LogP contribution is -2.57. The van der Waals surface area contributed by atoms with Crippen LogP contribution in [0.25, 0.3) is 10.9 Å². The number of thioether (sulfide) groups is 1. The maximum atomic E-state index is 12.6. The van der Waals surface area contributed by atoms with Gasteiger partial charge in [-0.3, -0.25) is 14.4 Å². The fourth-order valence-electron chi connectivity index (χ4n) is 3.28. The predicted octanol–water partition coefficient (Wildman–Crippen LogP) is -0.658. The fourth-order valence-corrected chi connectivity index (χ4v) is 3.75. The maximum absolute atomic E-state index is 12.6. The van der Waals surface area contributed by atoms with Crippen molar-refractivity contribution in [1.82, 2.24) is 20.9 Å². The molecule has 186 valence electrons. The molecule has 1 aromatic carbocycles. The minimum Gasteiger partial charge on any atom is -0.480 e. The van der Waals surface area contributed by atoms with Gasteiger partial charge in [0, 0.05) is 17.1 Å². The van der Waals surface area contributed by atoms with Crippen molar-refractivity contribution in [2.45, 2.75) is 43.9 Å². The number of fused-ring (bicyclic) bond motifs is 1. The van der Waals surface area contributed by atoms with Crippen molar-refractivity contribution >= 4 is 46.4 Å². The van der Waals surface area contributed by atoms with Crippen LogP contribution in [0, 0.1) is 0 Å². The largest absolute Gasteiger partial charge is 0.480 e. The molecule has 4 atom stereocenters. The molecule has 12 heteroatoms. The van der Waals surface area contributed by atoms with E-state index in [0.717, 1.165) is 16.5 Å². The van der Waals surface area contributed by atoms with Crippen LogP contribution in [0.1, 0.15) is 18.9 Å². The Morgan fingerprint density at radius 2 is 1.74 bits per heavy atom. The molecule has 11 nitrogen and oxygen atoms in total. The van der Waals surface area contributed by atoms with Crippen LogP contribution in [0.3, 0.4) is 0 Å². The van der Waals surface area contributed by atoms with Crippen LogP contribution in [0.15, 0.2) is 30.5 Å². The van der Waals surface area contributed by atoms with E-state index in [9.17, 15) is 19.2 Å². The van der Waals surface area contributed by atoms with Gasteiger partial charge in [-0.05, 0) is 43.4 Å². The lowest BCUT2D eigenvalue weighted by molar-refractivity contribution is -0.143. The number of aromatic nitrogens is 1. The van der Waals surface area contributed by atoms with Gasteiger partial charge in [0.1, 0.15) is 18.1 Å². The zero-order chi connectivity index (χ0) is 25.3. The summed E-state index contributed by atoms with van der Waals surface area (Å²) in [6.07, 6.45) is 4.11. The van der Waals surface area contributed by atoms with E-state index in [2.05, 4.69) is 20.9 Å². The molecule has 0 radical (unpaired) electrons. The number of aromatic amines is 1. The predicted molar refractivity (Wildman–Crippen MR) is 129 cm³/mol. The molecular weight excluding hydrogens is 462 g/mol. The third-order valence-electron chi connectivity index (χ3n) is 5.24. The van der Waals surface area contributed by atoms with E-state index in [4.69, 9.17) is 15.9 Å². The van der Waals surface area contributed by atoms with E-state index in [1.165, 1.54) is 18.7 Å². The van der Waals surface area contributed by atoms with E-state index in [-0.39, 0.29) is 12.8 Å². The fraction of sp³-hybridized carbons (Fsp3) is 0.455. The van der Waals surface area contributed by atoms with E-state index in [0.29, 0.717) is 5.75 Å². The monoisotopic (exact) mass is 493 g/mol. The minimum atomic E-state index is -1.49. The SMILES string of the molecule is CSCCC(NC(=O)C(C)NC(=O)C(N)Cc1c[nH]c2ccccc12)C(=O)NC(CO)C(=O)O. The lowest BCUT2D eigenvalue weighted by atomic mass is 10.0. The molecule has 0 aliphatic carbocycles. The van der Waals surface area contributed by atoms with Crippen molar-refractivity contribution in [3.8, 4) is 0 Å². The summed E-state index contributed by atoms with van der Waals surface area (Å²) in [5.74, 6) is -2.76. The average molecular weight is 494 g/mol. The number of amides is 3. The second-order valence-corrected chi connectivity index (χ2v) is 8.81. The Labute approximate surface area is 201 Å². The van der Waals surface area contributed by atoms with Gasteiger partial charge in [-0.15, -0.1) is 0 Å². The summed E-state index contributed by atoms with van der Waals surface area (Å²) in [6.45, 7) is 0.675. The number of carbonyl (C=O) groups is 4. The van der Waals surface area contributed by atoms with Crippen LogP contribution in [-0.2, 0) is 25.6 Å². The van der Waals surface area contributed by atoms with Crippen molar-refractivity contribution in [3.63, 3.8) is 0 Å². The summed E-state index contributed by atoms with van der Waals surface area (Å²) in [5, 5.41) is 26.4. The topological polar surface area (TPSA) is 187 Å². The smallest absolute Gasteiger partial charge is 0.328 e. The molecule has 1 heterocycles. The van der Waals surface area contributed by atoms with Crippen molar-refractivity contribution in [3.05, 3.63) is 36.0 Å². The number of benzene rings is 1. The molecule has 2 aromatic rings. The number of nitrogens with one attached hydrogen (secondary N) is 4. The summed E-state index contributed by atoms with van der Waals surface area (Å²) in [4.78, 5) is 51.9. The van der Waals surface area contributed by atoms with Gasteiger partial charge in [0.15, 0.2) is 0 Å². The Kier molecular flexibility index (Phi) is 10.4. The van der Waals surface area contributed by atoms with Gasteiger partial charge < -0.3 is 36.9 Å². The zero-order valence-electron chi connectivity index (χ0n) is 19.0. The van der Waals surface area contributed by atoms with E-state index < -0.39 is 54.5 Å². The first-order valence-electron chi connectivity index (χ1n) is 10.7. The van der Waals surface area contributed by atoms with Crippen LogP contribution in [0.5, 0.6) is 0 Å². The number of hydrogen-bond acceptors (Lipinski definition) is 7. The van der Waals surface area contributed by atoms with E-state index in [1.807, 2.05) is 30.5 Å². The van der Waals surface area contributed by atoms with E-state index in [1.54, 1.807) is 6.20 Å². The lowest BCUT2D eigenvalue weighted by Gasteiger charge is -2.23. The Balaban J connectivity index is 1.96. The van der Waals surface area contributed by atoms with E-state index >= 15 is 0 Å². The van der Waals surface area contributed by atoms with Gasteiger partial charge in [0.2, 0.25) is 17.7 Å². The minimum absolute atomic E-state index is 0.233. The highest BCUT2D eigenvalue weighted by Gasteiger charge is 2.28. The molecular formula is C22H31N5O6S. The van der Waals surface area contributed by atoms with Gasteiger partial charge in [-0.1, -0.05) is 18.2 Å². The molecule has 4 unspecified atom stereocenters. The van der Waals surface area contributed by atoms with Crippen molar-refractivity contribution in [2.24, 2.45) is 5.73 Å². The molecule has 0 fully saturated rings. The molecule has 8 N–H and O–H groups in total. The Morgan fingerprint density at radius 1 is 1.06 bits per heavy atom. The maximum Gasteiger partial charge on any atom is 0.328 e. The van der Waals surface area contributed by atoms with Crippen LogP contribution >= 0.6 is 11.8 Å². The van der Waals surface area contributed by atoms with Crippen molar-refractivity contribution in [1.29, 1.82) is 0 Å². The summed E-state index contributed by atoms with van der Waals surface area (Å²) in [5.41, 5.74) is 7.86. The van der Waals surface area contributed by atoms with Gasteiger partial charge >= 0.3 is 5.97 Å². The van der Waals surface area contributed by atoms with Gasteiger partial charge in [-0.25, -0.2) is 4.79 Å². The molecule has 0 saturated heterocycles. The second-order valence-electron chi connectivity index (χ2n) is 7.83. The molecule has 3 amide bonds. The molecule has 0 saturated carbocycles. The number of carboxylic acids is 1. The average Bonchev–Trinajstić information content (AvgIpc) is 3.22. The zero-order valence-corrected chi connectivity index (χ0v) is 19.9. The first-order valence-corrected chi connectivity index (χ1v) is 12.1. The number of carboxylic acid groups (broad SMARTS) is 1. The quantitative estimate of drug-likeness (QED) is 0.192. The van der Waals surface area contributed by atoms with Gasteiger partial charge in [0.25, 0.3) is 0 Å². The summed E-state index contributed by atoms with van der Waals surface area (Å²) in [7, 11) is 0. The van der Waals surface area contributed by atoms with Crippen LogP contribution < -0.4 is 21.7 Å². The number of para-hydroxylation sites is 1. The van der Waals surface area contributed by atoms with Crippen molar-refractivity contribution in [2.75, 3.05) is 18.6 Å². The van der Waals surface area contributed by atoms with Crippen LogP contribution in [0.4, 0.5) is 0 Å². The number of aliphatic hydroxyl groups is 1. The third kappa shape index (κ3) is 7.47. The standard InChI is InChI=1S/C22H31N5O6S/c1-12(19(29)26-17(7-8-34-2)21(31)27-18(11-28)22(32)33)25-20(30)15(23)9-13-10-24-16-6-4-3-5-14(13)16/h3-6,10,12,15,17-18,24,28H,7-9,11,23H2,1-2H3,(H,25,30)(H,26,29)(H,27,31)(H,32,33). The molecule has 2 rings (SSSR count). The highest BCUT2D eigenvalue weighted by molar-refractivity contribution is 7.98. The van der Waals surface area contributed by atoms with Crippen LogP contribution in [0.2, 0.25) is 0 Å². The highest BCUT2D eigenvalue weighted by Crippen LogP contribution is 2.18. The normalized spacial score (nSPS) is 14.6. The number of hydrogen-bond donors (Lipinski definition) is 7. The first kappa shape index (κ1) is 27.2. The highest BCUT2D eigenvalue weighted by atomic mass is 32.2. The summed E-state index contributed by atoms with van der Waals surface area (Å²) < 4.78 is 0. The summed E-state index contributed by atoms with van der Waals surface area (Å²) >= 11 is 1.44. The molecule has 0 spiro atoms. The number of H-pyrrole nitrogens is 1. The molecule has 34 heavy (non-hydrogen) atoms. The molecule has 0 bridgehead atoms. The first-order chi connectivity index (χ1) is 16.2. The van der Waals surface area contributed by atoms with Gasteiger partial charge in [-0.2, -0.15) is 11.8 Å². The third-order valence-corrected chi connectivity index (χ3v) is 5.89. The molecule has 0 aliphatic rings. The Hall–Kier alpha value is -3.09. The molecule has 1 aromatic heterocycles. The van der Waals surface area contributed by atoms with Crippen LogP contribution in [-0.4, -0.2) is 81.7 Å². The number of aliphatic hydroxyl groups excluding tert-OH is 1. The van der Waals surface area contributed by atoms with Gasteiger partial charge in [0.05, 0.1) is 12.6 Å². The molecule has 0 aliphatic heterocycles.